The van der Waals surface area contributed by atoms with Crippen LogP contribution < -0.4 is 10.5 Å². The molecule has 1 saturated heterocycles. The van der Waals surface area contributed by atoms with Crippen molar-refractivity contribution in [2.24, 2.45) is 5.73 Å². The molecule has 5 nitrogen and oxygen atoms in total. The Morgan fingerprint density at radius 2 is 2.00 bits per heavy atom. The molecule has 1 aromatic rings. The molecule has 0 unspecified atom stereocenters. The van der Waals surface area contributed by atoms with Crippen molar-refractivity contribution in [1.82, 2.24) is 9.62 Å². The van der Waals surface area contributed by atoms with E-state index < -0.39 is 10.0 Å². The fraction of sp³-hybridized carbons (Fsp3) is 0.462. The summed E-state index contributed by atoms with van der Waals surface area (Å²) in [5.74, 6) is 0. The number of thiocarbonyl (C=S) groups is 1. The van der Waals surface area contributed by atoms with E-state index in [0.29, 0.717) is 16.0 Å². The van der Waals surface area contributed by atoms with Crippen molar-refractivity contribution in [3.8, 4) is 0 Å². The summed E-state index contributed by atoms with van der Waals surface area (Å²) in [4.78, 5) is 2.89. The lowest BCUT2D eigenvalue weighted by atomic mass is 10.1. The third kappa shape index (κ3) is 4.72. The number of nitrogens with two attached hydrogens (primary N) is 1. The summed E-state index contributed by atoms with van der Waals surface area (Å²) in [7, 11) is -3.50. The van der Waals surface area contributed by atoms with Gasteiger partial charge < -0.3 is 5.73 Å². The van der Waals surface area contributed by atoms with Gasteiger partial charge in [0.2, 0.25) is 10.0 Å². The van der Waals surface area contributed by atoms with Crippen LogP contribution in [-0.2, 0) is 10.0 Å². The third-order valence-corrected chi connectivity index (χ3v) is 6.08. The maximum atomic E-state index is 12.4. The lowest BCUT2D eigenvalue weighted by molar-refractivity contribution is 0.233. The second kappa shape index (κ2) is 7.15. The summed E-state index contributed by atoms with van der Waals surface area (Å²) in [6.45, 7) is 2.18. The Bertz CT molecular complexity index is 614. The quantitative estimate of drug-likeness (QED) is 0.743. The molecule has 0 spiro atoms. The van der Waals surface area contributed by atoms with E-state index in [1.165, 1.54) is 0 Å². The van der Waals surface area contributed by atoms with Gasteiger partial charge in [0.25, 0.3) is 0 Å². The van der Waals surface area contributed by atoms with E-state index in [9.17, 15) is 8.42 Å². The van der Waals surface area contributed by atoms with Gasteiger partial charge in [0.05, 0.1) is 9.88 Å². The Morgan fingerprint density at radius 3 is 2.57 bits per heavy atom. The van der Waals surface area contributed by atoms with Crippen molar-refractivity contribution in [2.45, 2.75) is 23.8 Å². The van der Waals surface area contributed by atoms with Gasteiger partial charge in [-0.1, -0.05) is 24.4 Å². The minimum absolute atomic E-state index is 0.0512. The second-order valence-corrected chi connectivity index (χ2v) is 8.13. The topological polar surface area (TPSA) is 75.4 Å². The van der Waals surface area contributed by atoms with Gasteiger partial charge in [0.1, 0.15) is 0 Å². The Morgan fingerprint density at radius 1 is 1.38 bits per heavy atom. The summed E-state index contributed by atoms with van der Waals surface area (Å²) >= 11 is 8.17. The molecule has 0 radical (unpaired) electrons. The van der Waals surface area contributed by atoms with E-state index >= 15 is 0 Å². The minimum Gasteiger partial charge on any atom is -0.392 e. The van der Waals surface area contributed by atoms with E-state index in [4.69, 9.17) is 18.0 Å². The molecule has 0 amide bonds. The number of nitrogens with one attached hydrogen (secondary N) is 1. The van der Waals surface area contributed by atoms with E-state index in [1.807, 2.05) is 0 Å². The van der Waals surface area contributed by atoms with Crippen LogP contribution in [0.3, 0.4) is 0 Å². The Labute approximate surface area is 139 Å². The van der Waals surface area contributed by atoms with Crippen molar-refractivity contribution in [3.05, 3.63) is 28.7 Å². The molecule has 21 heavy (non-hydrogen) atoms. The van der Waals surface area contributed by atoms with Crippen LogP contribution in [0, 0.1) is 0 Å². The van der Waals surface area contributed by atoms with E-state index in [-0.39, 0.29) is 10.9 Å². The van der Waals surface area contributed by atoms with E-state index in [0.717, 1.165) is 25.9 Å². The number of nitrogens with zero attached hydrogens (tertiary/aromatic N) is 1. The standard InChI is InChI=1S/C13H18BrN3O2S2/c14-11-3-1-2-4-12(11)21(18,19)16-10-5-7-17(8-6-10)9-13(15)20/h1-4,10,16H,5-9H2,(H2,15,20). The molecular weight excluding hydrogens is 374 g/mol. The highest BCUT2D eigenvalue weighted by Crippen LogP contribution is 2.22. The first-order chi connectivity index (χ1) is 9.88. The van der Waals surface area contributed by atoms with Crippen molar-refractivity contribution >= 4 is 43.2 Å². The maximum absolute atomic E-state index is 12.4. The molecule has 1 aliphatic heterocycles. The van der Waals surface area contributed by atoms with Gasteiger partial charge in [0.15, 0.2) is 0 Å². The minimum atomic E-state index is -3.50. The summed E-state index contributed by atoms with van der Waals surface area (Å²) < 4.78 is 28.1. The highest BCUT2D eigenvalue weighted by Gasteiger charge is 2.25. The Hall–Kier alpha value is -0.540. The lowest BCUT2D eigenvalue weighted by Gasteiger charge is -2.31. The lowest BCUT2D eigenvalue weighted by Crippen LogP contribution is -2.46. The van der Waals surface area contributed by atoms with Crippen LogP contribution in [0.15, 0.2) is 33.6 Å². The number of benzene rings is 1. The SMILES string of the molecule is NC(=S)CN1CCC(NS(=O)(=O)c2ccccc2Br)CC1. The van der Waals surface area contributed by atoms with Gasteiger partial charge in [-0.3, -0.25) is 4.90 Å². The molecule has 3 N–H and O–H groups in total. The molecule has 1 aliphatic rings. The maximum Gasteiger partial charge on any atom is 0.241 e. The van der Waals surface area contributed by atoms with Crippen LogP contribution in [0.2, 0.25) is 0 Å². The first-order valence-electron chi connectivity index (χ1n) is 6.66. The third-order valence-electron chi connectivity index (χ3n) is 3.42. The van der Waals surface area contributed by atoms with Gasteiger partial charge in [-0.05, 0) is 40.9 Å². The van der Waals surface area contributed by atoms with Crippen molar-refractivity contribution < 1.29 is 8.42 Å². The number of rotatable bonds is 5. The average molecular weight is 392 g/mol. The van der Waals surface area contributed by atoms with Crippen LogP contribution in [0.25, 0.3) is 0 Å². The fourth-order valence-electron chi connectivity index (χ4n) is 2.37. The number of likely N-dealkylation sites (tertiary alicyclic amines) is 1. The first kappa shape index (κ1) is 16.8. The number of sulfonamides is 1. The molecule has 8 heteroatoms. The predicted molar refractivity (Wildman–Crippen MR) is 90.7 cm³/mol. The number of halogens is 1. The fourth-order valence-corrected chi connectivity index (χ4v) is 4.87. The number of hydrogen-bond donors (Lipinski definition) is 2. The van der Waals surface area contributed by atoms with Crippen LogP contribution in [0.4, 0.5) is 0 Å². The Kier molecular flexibility index (Phi) is 5.73. The molecule has 2 rings (SSSR count). The zero-order valence-corrected chi connectivity index (χ0v) is 14.7. The summed E-state index contributed by atoms with van der Waals surface area (Å²) in [5, 5.41) is 0. The molecule has 1 heterocycles. The zero-order chi connectivity index (χ0) is 15.5. The highest BCUT2D eigenvalue weighted by atomic mass is 79.9. The van der Waals surface area contributed by atoms with Gasteiger partial charge in [-0.2, -0.15) is 0 Å². The summed E-state index contributed by atoms with van der Waals surface area (Å²) in [6, 6.07) is 6.76. The summed E-state index contributed by atoms with van der Waals surface area (Å²) in [6.07, 6.45) is 1.51. The molecule has 0 saturated carbocycles. The van der Waals surface area contributed by atoms with Crippen LogP contribution in [-0.4, -0.2) is 44.0 Å². The molecular formula is C13H18BrN3O2S2. The van der Waals surface area contributed by atoms with Crippen LogP contribution >= 0.6 is 28.1 Å². The van der Waals surface area contributed by atoms with Crippen molar-refractivity contribution in [3.63, 3.8) is 0 Å². The van der Waals surface area contributed by atoms with Gasteiger partial charge in [-0.25, -0.2) is 13.1 Å². The van der Waals surface area contributed by atoms with Gasteiger partial charge in [0, 0.05) is 30.1 Å². The largest absolute Gasteiger partial charge is 0.392 e. The van der Waals surface area contributed by atoms with E-state index in [2.05, 4.69) is 25.6 Å². The highest BCUT2D eigenvalue weighted by molar-refractivity contribution is 9.10. The van der Waals surface area contributed by atoms with Crippen molar-refractivity contribution in [2.75, 3.05) is 19.6 Å². The first-order valence-corrected chi connectivity index (χ1v) is 9.34. The summed E-state index contributed by atoms with van der Waals surface area (Å²) in [5.41, 5.74) is 5.53. The smallest absolute Gasteiger partial charge is 0.241 e. The predicted octanol–water partition coefficient (Wildman–Crippen LogP) is 1.48. The Balaban J connectivity index is 1.97. The normalized spacial score (nSPS) is 17.8. The molecule has 0 aromatic heterocycles. The molecule has 0 atom stereocenters. The molecule has 116 valence electrons. The zero-order valence-electron chi connectivity index (χ0n) is 11.5. The van der Waals surface area contributed by atoms with Crippen molar-refractivity contribution in [1.29, 1.82) is 0 Å². The van der Waals surface area contributed by atoms with Crippen LogP contribution in [0.1, 0.15) is 12.8 Å². The number of piperidine rings is 1. The number of hydrogen-bond acceptors (Lipinski definition) is 4. The molecule has 0 bridgehead atoms. The van der Waals surface area contributed by atoms with Gasteiger partial charge in [-0.15, -0.1) is 0 Å². The average Bonchev–Trinajstić information content (AvgIpc) is 2.40. The molecule has 0 aliphatic carbocycles. The monoisotopic (exact) mass is 391 g/mol. The molecule has 1 aromatic carbocycles. The van der Waals surface area contributed by atoms with Gasteiger partial charge >= 0.3 is 0 Å². The van der Waals surface area contributed by atoms with Crippen LogP contribution in [0.5, 0.6) is 0 Å². The molecule has 1 fully saturated rings. The van der Waals surface area contributed by atoms with E-state index in [1.54, 1.807) is 24.3 Å². The second-order valence-electron chi connectivity index (χ2n) is 5.07.